The number of hydrogen-bond donors (Lipinski definition) is 0. The zero-order valence-electron chi connectivity index (χ0n) is 41.4. The molecule has 0 aliphatic heterocycles. The number of quaternary nitrogens is 1. The summed E-state index contributed by atoms with van der Waals surface area (Å²) < 4.78 is 34.6. The topological polar surface area (TPSA) is 94.1 Å². The van der Waals surface area contributed by atoms with Crippen LogP contribution in [0, 0.1) is 0 Å². The van der Waals surface area contributed by atoms with Gasteiger partial charge in [0.05, 0.1) is 34.4 Å². The summed E-state index contributed by atoms with van der Waals surface area (Å²) in [5.74, 6) is -0.388. The lowest BCUT2D eigenvalue weighted by Crippen LogP contribution is -2.37. The summed E-state index contributed by atoms with van der Waals surface area (Å²) in [6, 6.07) is 0. The number of carbonyl (C=O) groups is 1. The third-order valence-corrected chi connectivity index (χ3v) is 10.4. The molecule has 65 heavy (non-hydrogen) atoms. The van der Waals surface area contributed by atoms with E-state index in [1.165, 1.54) is 0 Å². The van der Waals surface area contributed by atoms with E-state index in [-0.39, 0.29) is 32.2 Å². The van der Waals surface area contributed by atoms with Crippen LogP contribution in [0.15, 0.2) is 146 Å². The summed E-state index contributed by atoms with van der Waals surface area (Å²) in [6.07, 6.45) is 70.2. The molecule has 0 aromatic heterocycles. The third kappa shape index (κ3) is 51.2. The highest BCUT2D eigenvalue weighted by atomic mass is 31.2. The number of ether oxygens (including phenoxy) is 2. The zero-order valence-corrected chi connectivity index (χ0v) is 42.3. The molecule has 0 bridgehead atoms. The number of nitrogens with zero attached hydrogens (tertiary/aromatic N) is 1. The first-order chi connectivity index (χ1) is 31.6. The molecule has 2 atom stereocenters. The first-order valence-corrected chi connectivity index (χ1v) is 26.0. The Labute approximate surface area is 397 Å². The van der Waals surface area contributed by atoms with Crippen molar-refractivity contribution in [3.63, 3.8) is 0 Å². The molecular weight excluding hydrogens is 830 g/mol. The second kappa shape index (κ2) is 46.9. The molecule has 2 unspecified atom stereocenters. The van der Waals surface area contributed by atoms with Gasteiger partial charge in [-0.15, -0.1) is 0 Å². The minimum Gasteiger partial charge on any atom is -0.756 e. The molecule has 0 rings (SSSR count). The van der Waals surface area contributed by atoms with Crippen LogP contribution in [-0.4, -0.2) is 70.7 Å². The highest BCUT2D eigenvalue weighted by Gasteiger charge is 2.20. The average molecular weight is 920 g/mol. The number of carbonyl (C=O) groups excluding carboxylic acids is 1. The summed E-state index contributed by atoms with van der Waals surface area (Å²) in [5, 5.41) is 0. The Hall–Kier alpha value is -3.62. The Balaban J connectivity index is 4.37. The lowest BCUT2D eigenvalue weighted by molar-refractivity contribution is -0.870. The summed E-state index contributed by atoms with van der Waals surface area (Å²) in [4.78, 5) is 25.1. The van der Waals surface area contributed by atoms with E-state index in [1.807, 2.05) is 21.1 Å². The van der Waals surface area contributed by atoms with Crippen LogP contribution in [0.2, 0.25) is 0 Å². The molecule has 0 aromatic carbocycles. The maximum absolute atomic E-state index is 12.7. The molecule has 366 valence electrons. The average Bonchev–Trinajstić information content (AvgIpc) is 3.27. The Bertz CT molecular complexity index is 1540. The SMILES string of the molecule is CC/C=C\C/C=C\C/C=C\C/C=C\C/C=C\C/C=C\C/C=C\CCCCCC(=O)OC(COCCCC/C=C\C/C=C\C/C=C\C/C=C\C/C=C\CC)COP(=O)([O-])OCC[N+](C)(C)C. The molecule has 0 aliphatic carbocycles. The fraction of sp³-hybridized carbons (Fsp3) is 0.554. The smallest absolute Gasteiger partial charge is 0.306 e. The van der Waals surface area contributed by atoms with Crippen LogP contribution >= 0.6 is 7.82 Å². The number of esters is 1. The number of unbranched alkanes of at least 4 members (excludes halogenated alkanes) is 5. The highest BCUT2D eigenvalue weighted by Crippen LogP contribution is 2.38. The van der Waals surface area contributed by atoms with E-state index in [0.29, 0.717) is 24.1 Å². The van der Waals surface area contributed by atoms with Crippen LogP contribution in [0.1, 0.15) is 142 Å². The molecule has 9 heteroatoms. The quantitative estimate of drug-likeness (QED) is 0.0198. The third-order valence-electron chi connectivity index (χ3n) is 9.39. The maximum atomic E-state index is 12.7. The monoisotopic (exact) mass is 920 g/mol. The van der Waals surface area contributed by atoms with Crippen molar-refractivity contribution in [1.29, 1.82) is 0 Å². The molecule has 0 N–H and O–H groups in total. The first-order valence-electron chi connectivity index (χ1n) is 24.6. The molecule has 0 amide bonds. The number of phosphoric acid groups is 1. The molecule has 0 spiro atoms. The van der Waals surface area contributed by atoms with Gasteiger partial charge in [0.2, 0.25) is 0 Å². The van der Waals surface area contributed by atoms with Gasteiger partial charge in [-0.2, -0.15) is 0 Å². The maximum Gasteiger partial charge on any atom is 0.306 e. The van der Waals surface area contributed by atoms with Crippen LogP contribution in [0.25, 0.3) is 0 Å². The van der Waals surface area contributed by atoms with Gasteiger partial charge in [0.25, 0.3) is 7.82 Å². The minimum absolute atomic E-state index is 0.000810. The van der Waals surface area contributed by atoms with Crippen molar-refractivity contribution in [1.82, 2.24) is 0 Å². The van der Waals surface area contributed by atoms with E-state index in [4.69, 9.17) is 18.5 Å². The largest absolute Gasteiger partial charge is 0.756 e. The summed E-state index contributed by atoms with van der Waals surface area (Å²) in [6.45, 7) is 4.97. The summed E-state index contributed by atoms with van der Waals surface area (Å²) >= 11 is 0. The molecular formula is C56H90NO7P. The van der Waals surface area contributed by atoms with Crippen molar-refractivity contribution in [2.75, 3.05) is 54.1 Å². The molecule has 0 fully saturated rings. The normalized spacial score (nSPS) is 14.9. The number of likely N-dealkylation sites (N-methyl/N-ethyl adjacent to an activating group) is 1. The van der Waals surface area contributed by atoms with E-state index >= 15 is 0 Å². The molecule has 0 saturated heterocycles. The molecule has 0 radical (unpaired) electrons. The van der Waals surface area contributed by atoms with Gasteiger partial charge in [-0.05, 0) is 116 Å². The first kappa shape index (κ1) is 61.4. The van der Waals surface area contributed by atoms with Crippen LogP contribution in [0.5, 0.6) is 0 Å². The van der Waals surface area contributed by atoms with E-state index in [2.05, 4.69) is 160 Å². The zero-order chi connectivity index (χ0) is 47.6. The van der Waals surface area contributed by atoms with Crippen molar-refractivity contribution in [2.24, 2.45) is 0 Å². The minimum atomic E-state index is -4.56. The van der Waals surface area contributed by atoms with E-state index in [9.17, 15) is 14.3 Å². The molecule has 8 nitrogen and oxygen atoms in total. The fourth-order valence-electron chi connectivity index (χ4n) is 5.67. The van der Waals surface area contributed by atoms with Crippen molar-refractivity contribution in [3.8, 4) is 0 Å². The number of allylic oxidation sites excluding steroid dienone is 24. The van der Waals surface area contributed by atoms with Gasteiger partial charge < -0.3 is 27.9 Å². The van der Waals surface area contributed by atoms with Gasteiger partial charge in [-0.25, -0.2) is 0 Å². The van der Waals surface area contributed by atoms with Crippen molar-refractivity contribution >= 4 is 13.8 Å². The van der Waals surface area contributed by atoms with E-state index in [0.717, 1.165) is 116 Å². The van der Waals surface area contributed by atoms with E-state index in [1.54, 1.807) is 0 Å². The van der Waals surface area contributed by atoms with Gasteiger partial charge in [-0.3, -0.25) is 9.36 Å². The summed E-state index contributed by atoms with van der Waals surface area (Å²) in [5.41, 5.74) is 0. The van der Waals surface area contributed by atoms with E-state index < -0.39 is 13.9 Å². The van der Waals surface area contributed by atoms with Crippen LogP contribution in [-0.2, 0) is 27.9 Å². The lowest BCUT2D eigenvalue weighted by atomic mass is 10.1. The Kier molecular flexibility index (Phi) is 44.3. The predicted molar refractivity (Wildman–Crippen MR) is 276 cm³/mol. The van der Waals surface area contributed by atoms with Gasteiger partial charge >= 0.3 is 5.97 Å². The number of rotatable bonds is 43. The molecule has 0 aromatic rings. The van der Waals surface area contributed by atoms with Crippen molar-refractivity contribution < 1.29 is 37.3 Å². The van der Waals surface area contributed by atoms with Crippen LogP contribution < -0.4 is 4.89 Å². The van der Waals surface area contributed by atoms with Crippen molar-refractivity contribution in [3.05, 3.63) is 146 Å². The summed E-state index contributed by atoms with van der Waals surface area (Å²) in [7, 11) is 1.27. The number of hydrogen-bond acceptors (Lipinski definition) is 7. The predicted octanol–water partition coefficient (Wildman–Crippen LogP) is 14.6. The Morgan fingerprint density at radius 1 is 0.477 bits per heavy atom. The molecule has 0 heterocycles. The standard InChI is InChI=1S/C56H90NO7P/c1-6-8-10-12-14-16-18-20-22-24-26-27-28-29-30-31-32-33-35-37-39-41-43-45-47-49-56(58)64-55(54-63-65(59,60)62-52-50-57(3,4)5)53-61-51-48-46-44-42-40-38-36-34-25-23-21-19-17-15-13-11-9-7-2/h8-11,14-17,20-23,26-27,29-30,32-34,36-37,39-40,42,55H,6-7,12-13,18-19,24-25,28,31,35,38,41,43-54H2,1-5H3/b10-8-,11-9-,16-14-,17-15-,22-20-,23-21-,27-26-,30-29-,33-32-,36-34-,39-37-,42-40-. The van der Waals surface area contributed by atoms with Gasteiger partial charge in [0.1, 0.15) is 19.3 Å². The molecule has 0 saturated carbocycles. The highest BCUT2D eigenvalue weighted by molar-refractivity contribution is 7.45. The second-order valence-corrected chi connectivity index (χ2v) is 18.1. The van der Waals surface area contributed by atoms with Crippen LogP contribution in [0.4, 0.5) is 0 Å². The van der Waals surface area contributed by atoms with Crippen molar-refractivity contribution in [2.45, 2.75) is 148 Å². The second-order valence-electron chi connectivity index (χ2n) is 16.7. The Morgan fingerprint density at radius 2 is 0.846 bits per heavy atom. The van der Waals surface area contributed by atoms with Crippen LogP contribution in [0.3, 0.4) is 0 Å². The Morgan fingerprint density at radius 3 is 1.23 bits per heavy atom. The fourth-order valence-corrected chi connectivity index (χ4v) is 6.40. The molecule has 0 aliphatic rings. The van der Waals surface area contributed by atoms with Gasteiger partial charge in [-0.1, -0.05) is 166 Å². The van der Waals surface area contributed by atoms with Gasteiger partial charge in [0.15, 0.2) is 0 Å². The number of phosphoric ester groups is 1. The van der Waals surface area contributed by atoms with Gasteiger partial charge in [0, 0.05) is 13.0 Å². The lowest BCUT2D eigenvalue weighted by Gasteiger charge is -2.28.